The summed E-state index contributed by atoms with van der Waals surface area (Å²) in [4.78, 5) is 0. The Bertz CT molecular complexity index is 1060. The highest BCUT2D eigenvalue weighted by molar-refractivity contribution is 5.78. The first-order chi connectivity index (χ1) is 14.9. The Morgan fingerprint density at radius 1 is 0.467 bits per heavy atom. The number of benzene rings is 4. The van der Waals surface area contributed by atoms with Crippen LogP contribution in [0.5, 0.6) is 0 Å². The van der Waals surface area contributed by atoms with E-state index >= 15 is 0 Å². The lowest BCUT2D eigenvalue weighted by molar-refractivity contribution is 0.528. The van der Waals surface area contributed by atoms with Gasteiger partial charge in [-0.2, -0.15) is 0 Å². The summed E-state index contributed by atoms with van der Waals surface area (Å²) in [5.74, 6) is 0.208. The SMILES string of the molecule is C1=CC(C(c2ccccc2)(c2ccccc2)c2ccccc2)C=C1c1ccccc1. The first-order valence-corrected chi connectivity index (χ1v) is 10.5. The molecule has 0 radical (unpaired) electrons. The van der Waals surface area contributed by atoms with Crippen LogP contribution < -0.4 is 0 Å². The molecule has 0 spiro atoms. The lowest BCUT2D eigenvalue weighted by Gasteiger charge is -2.40. The zero-order valence-corrected chi connectivity index (χ0v) is 16.9. The Hall–Kier alpha value is -3.64. The van der Waals surface area contributed by atoms with E-state index in [9.17, 15) is 0 Å². The van der Waals surface area contributed by atoms with Gasteiger partial charge in [0.05, 0.1) is 5.41 Å². The quantitative estimate of drug-likeness (QED) is 0.317. The Labute approximate surface area is 178 Å². The molecule has 1 aliphatic rings. The normalized spacial score (nSPS) is 15.7. The largest absolute Gasteiger partial charge is 0.0754 e. The zero-order chi connectivity index (χ0) is 20.2. The molecule has 0 nitrogen and oxygen atoms in total. The molecule has 0 saturated heterocycles. The number of hydrogen-bond acceptors (Lipinski definition) is 0. The fourth-order valence-corrected chi connectivity index (χ4v) is 4.78. The van der Waals surface area contributed by atoms with Crippen molar-refractivity contribution in [3.63, 3.8) is 0 Å². The number of allylic oxidation sites excluding steroid dienone is 4. The molecule has 1 unspecified atom stereocenters. The van der Waals surface area contributed by atoms with E-state index in [1.54, 1.807) is 0 Å². The van der Waals surface area contributed by atoms with Gasteiger partial charge in [-0.15, -0.1) is 0 Å². The van der Waals surface area contributed by atoms with Gasteiger partial charge in [0.15, 0.2) is 0 Å². The average molecular weight is 385 g/mol. The maximum Gasteiger partial charge on any atom is 0.0548 e. The molecule has 0 aromatic heterocycles. The van der Waals surface area contributed by atoms with E-state index in [1.165, 1.54) is 27.8 Å². The van der Waals surface area contributed by atoms with E-state index < -0.39 is 0 Å². The summed E-state index contributed by atoms with van der Waals surface area (Å²) < 4.78 is 0. The Kier molecular flexibility index (Phi) is 4.91. The van der Waals surface area contributed by atoms with Gasteiger partial charge in [0.1, 0.15) is 0 Å². The van der Waals surface area contributed by atoms with Gasteiger partial charge in [-0.25, -0.2) is 0 Å². The monoisotopic (exact) mass is 384 g/mol. The van der Waals surface area contributed by atoms with Crippen LogP contribution in [0.1, 0.15) is 22.3 Å². The molecule has 5 rings (SSSR count). The third-order valence-corrected chi connectivity index (χ3v) is 6.14. The van der Waals surface area contributed by atoms with Crippen molar-refractivity contribution < 1.29 is 0 Å². The highest BCUT2D eigenvalue weighted by atomic mass is 14.4. The summed E-state index contributed by atoms with van der Waals surface area (Å²) in [7, 11) is 0. The van der Waals surface area contributed by atoms with Crippen LogP contribution >= 0.6 is 0 Å². The van der Waals surface area contributed by atoms with Crippen molar-refractivity contribution in [2.24, 2.45) is 5.92 Å². The minimum absolute atomic E-state index is 0.208. The van der Waals surface area contributed by atoms with Crippen LogP contribution in [0, 0.1) is 5.92 Å². The first-order valence-electron chi connectivity index (χ1n) is 10.5. The van der Waals surface area contributed by atoms with Gasteiger partial charge in [0.2, 0.25) is 0 Å². The van der Waals surface area contributed by atoms with Gasteiger partial charge in [-0.05, 0) is 27.8 Å². The smallest absolute Gasteiger partial charge is 0.0548 e. The minimum Gasteiger partial charge on any atom is -0.0754 e. The highest BCUT2D eigenvalue weighted by Gasteiger charge is 2.42. The molecule has 0 fully saturated rings. The van der Waals surface area contributed by atoms with Crippen LogP contribution in [-0.2, 0) is 5.41 Å². The molecule has 0 heteroatoms. The molecule has 0 aliphatic heterocycles. The van der Waals surface area contributed by atoms with Crippen LogP contribution in [0.3, 0.4) is 0 Å². The Morgan fingerprint density at radius 3 is 1.30 bits per heavy atom. The second-order valence-electron chi connectivity index (χ2n) is 7.78. The first kappa shape index (κ1) is 18.4. The summed E-state index contributed by atoms with van der Waals surface area (Å²) >= 11 is 0. The molecular formula is C30H24. The predicted octanol–water partition coefficient (Wildman–Crippen LogP) is 7.29. The Balaban J connectivity index is 1.77. The molecule has 0 bridgehead atoms. The van der Waals surface area contributed by atoms with E-state index in [2.05, 4.69) is 140 Å². The molecule has 144 valence electrons. The lowest BCUT2D eigenvalue weighted by atomic mass is 9.62. The van der Waals surface area contributed by atoms with E-state index in [0.29, 0.717) is 0 Å². The molecule has 0 amide bonds. The fourth-order valence-electron chi connectivity index (χ4n) is 4.78. The van der Waals surface area contributed by atoms with Crippen molar-refractivity contribution in [1.82, 2.24) is 0 Å². The van der Waals surface area contributed by atoms with Crippen LogP contribution in [0.2, 0.25) is 0 Å². The van der Waals surface area contributed by atoms with Crippen LogP contribution in [-0.4, -0.2) is 0 Å². The summed E-state index contributed by atoms with van der Waals surface area (Å²) in [6, 6.07) is 43.4. The van der Waals surface area contributed by atoms with E-state index in [1.807, 2.05) is 0 Å². The average Bonchev–Trinajstić information content (AvgIpc) is 3.33. The highest BCUT2D eigenvalue weighted by Crippen LogP contribution is 2.49. The molecule has 30 heavy (non-hydrogen) atoms. The minimum atomic E-state index is -0.295. The maximum atomic E-state index is 2.43. The lowest BCUT2D eigenvalue weighted by Crippen LogP contribution is -2.35. The van der Waals surface area contributed by atoms with Gasteiger partial charge >= 0.3 is 0 Å². The third-order valence-electron chi connectivity index (χ3n) is 6.14. The van der Waals surface area contributed by atoms with Crippen molar-refractivity contribution in [3.8, 4) is 0 Å². The van der Waals surface area contributed by atoms with Crippen LogP contribution in [0.15, 0.2) is 140 Å². The number of rotatable bonds is 5. The van der Waals surface area contributed by atoms with E-state index in [0.717, 1.165) is 0 Å². The van der Waals surface area contributed by atoms with Gasteiger partial charge < -0.3 is 0 Å². The predicted molar refractivity (Wildman–Crippen MR) is 126 cm³/mol. The van der Waals surface area contributed by atoms with Crippen molar-refractivity contribution in [3.05, 3.63) is 162 Å². The summed E-state index contributed by atoms with van der Waals surface area (Å²) in [6.45, 7) is 0. The second kappa shape index (κ2) is 8.00. The Morgan fingerprint density at radius 2 is 0.867 bits per heavy atom. The van der Waals surface area contributed by atoms with Crippen molar-refractivity contribution in [2.45, 2.75) is 5.41 Å². The molecule has 1 atom stereocenters. The molecule has 4 aromatic rings. The molecule has 0 N–H and O–H groups in total. The van der Waals surface area contributed by atoms with Crippen molar-refractivity contribution in [2.75, 3.05) is 0 Å². The summed E-state index contributed by atoms with van der Waals surface area (Å²) in [5.41, 5.74) is 6.18. The van der Waals surface area contributed by atoms with Crippen molar-refractivity contribution in [1.29, 1.82) is 0 Å². The standard InChI is InChI=1S/C30H24/c1-5-13-24(14-6-1)25-21-22-29(23-25)30(26-15-7-2-8-16-26,27-17-9-3-10-18-27)28-19-11-4-12-20-28/h1-23,29H. The zero-order valence-electron chi connectivity index (χ0n) is 16.9. The molecule has 1 aliphatic carbocycles. The van der Waals surface area contributed by atoms with Gasteiger partial charge in [-0.1, -0.05) is 140 Å². The fraction of sp³-hybridized carbons (Fsp3) is 0.0667. The van der Waals surface area contributed by atoms with E-state index in [-0.39, 0.29) is 11.3 Å². The topological polar surface area (TPSA) is 0 Å². The summed E-state index contributed by atoms with van der Waals surface area (Å²) in [5, 5.41) is 0. The molecule has 4 aromatic carbocycles. The van der Waals surface area contributed by atoms with Crippen LogP contribution in [0.4, 0.5) is 0 Å². The molecular weight excluding hydrogens is 360 g/mol. The maximum absolute atomic E-state index is 2.43. The molecule has 0 heterocycles. The van der Waals surface area contributed by atoms with Gasteiger partial charge in [0.25, 0.3) is 0 Å². The molecule has 0 saturated carbocycles. The van der Waals surface area contributed by atoms with Gasteiger partial charge in [0, 0.05) is 5.92 Å². The number of hydrogen-bond donors (Lipinski definition) is 0. The summed E-state index contributed by atoms with van der Waals surface area (Å²) in [6.07, 6.45) is 7.08. The second-order valence-corrected chi connectivity index (χ2v) is 7.78. The van der Waals surface area contributed by atoms with Crippen LogP contribution in [0.25, 0.3) is 5.57 Å². The third kappa shape index (κ3) is 3.11. The van der Waals surface area contributed by atoms with Crippen molar-refractivity contribution >= 4 is 5.57 Å². The van der Waals surface area contributed by atoms with E-state index in [4.69, 9.17) is 0 Å². The van der Waals surface area contributed by atoms with Gasteiger partial charge in [-0.3, -0.25) is 0 Å².